The second kappa shape index (κ2) is 3.36. The predicted octanol–water partition coefficient (Wildman–Crippen LogP) is 1.72. The van der Waals surface area contributed by atoms with Crippen molar-refractivity contribution in [2.24, 2.45) is 5.92 Å². The van der Waals surface area contributed by atoms with Gasteiger partial charge in [0.1, 0.15) is 11.6 Å². The molecule has 0 saturated heterocycles. The third-order valence-corrected chi connectivity index (χ3v) is 2.85. The molecule has 80 valence electrons. The third kappa shape index (κ3) is 2.19. The van der Waals surface area contributed by atoms with Crippen LogP contribution in [0.2, 0.25) is 0 Å². The van der Waals surface area contributed by atoms with E-state index in [1.54, 1.807) is 6.07 Å². The fourth-order valence-corrected chi connectivity index (χ4v) is 1.55. The van der Waals surface area contributed by atoms with Gasteiger partial charge in [0, 0.05) is 12.0 Å². The van der Waals surface area contributed by atoms with Crippen molar-refractivity contribution in [2.45, 2.75) is 31.6 Å². The molecule has 2 N–H and O–H groups in total. The topological polar surface area (TPSA) is 61.0 Å². The Morgan fingerprint density at radius 3 is 2.73 bits per heavy atom. The van der Waals surface area contributed by atoms with Crippen molar-refractivity contribution in [1.82, 2.24) is 9.97 Å². The lowest BCUT2D eigenvalue weighted by Gasteiger charge is -2.06. The summed E-state index contributed by atoms with van der Waals surface area (Å²) in [5.74, 6) is 3.30. The maximum absolute atomic E-state index is 5.72. The second-order valence-electron chi connectivity index (χ2n) is 4.52. The number of hydrogen-bond donors (Lipinski definition) is 1. The van der Waals surface area contributed by atoms with E-state index in [1.807, 2.05) is 0 Å². The van der Waals surface area contributed by atoms with Crippen LogP contribution >= 0.6 is 0 Å². The van der Waals surface area contributed by atoms with Crippen LogP contribution in [0.5, 0.6) is 5.88 Å². The fraction of sp³-hybridized carbons (Fsp3) is 0.636. The molecule has 1 aromatic rings. The summed E-state index contributed by atoms with van der Waals surface area (Å²) in [4.78, 5) is 8.61. The van der Waals surface area contributed by atoms with E-state index in [0.717, 1.165) is 18.3 Å². The lowest BCUT2D eigenvalue weighted by Crippen LogP contribution is -2.05. The van der Waals surface area contributed by atoms with Gasteiger partial charge >= 0.3 is 0 Å². The van der Waals surface area contributed by atoms with Gasteiger partial charge in [-0.05, 0) is 31.6 Å². The van der Waals surface area contributed by atoms with E-state index in [2.05, 4.69) is 9.97 Å². The van der Waals surface area contributed by atoms with Crippen LogP contribution in [-0.4, -0.2) is 16.6 Å². The van der Waals surface area contributed by atoms with Crippen molar-refractivity contribution in [3.63, 3.8) is 0 Å². The molecule has 2 fully saturated rings. The Balaban J connectivity index is 1.73. The zero-order valence-electron chi connectivity index (χ0n) is 8.65. The Hall–Kier alpha value is -1.32. The van der Waals surface area contributed by atoms with E-state index in [1.165, 1.54) is 25.7 Å². The average Bonchev–Trinajstić information content (AvgIpc) is 3.06. The number of anilines is 1. The number of hydrogen-bond acceptors (Lipinski definition) is 4. The first-order chi connectivity index (χ1) is 7.31. The highest BCUT2D eigenvalue weighted by molar-refractivity contribution is 5.34. The van der Waals surface area contributed by atoms with Gasteiger partial charge in [-0.2, -0.15) is 4.98 Å². The highest BCUT2D eigenvalue weighted by Gasteiger charge is 2.28. The Bertz CT molecular complexity index is 372. The standard InChI is InChI=1S/C11H15N3O/c12-9-5-10(15-6-7-1-2-7)14-11(13-9)8-3-4-8/h5,7-8H,1-4,6H2,(H2,12,13,14). The Morgan fingerprint density at radius 2 is 2.07 bits per heavy atom. The Labute approximate surface area is 88.9 Å². The molecule has 15 heavy (non-hydrogen) atoms. The minimum atomic E-state index is 0.525. The van der Waals surface area contributed by atoms with Gasteiger partial charge in [0.15, 0.2) is 0 Å². The van der Waals surface area contributed by atoms with Crippen LogP contribution in [-0.2, 0) is 0 Å². The van der Waals surface area contributed by atoms with E-state index in [-0.39, 0.29) is 0 Å². The van der Waals surface area contributed by atoms with E-state index in [0.29, 0.717) is 17.6 Å². The van der Waals surface area contributed by atoms with E-state index in [9.17, 15) is 0 Å². The summed E-state index contributed by atoms with van der Waals surface area (Å²) in [6, 6.07) is 1.72. The van der Waals surface area contributed by atoms with Gasteiger partial charge in [0.05, 0.1) is 6.61 Å². The van der Waals surface area contributed by atoms with Crippen molar-refractivity contribution in [3.05, 3.63) is 11.9 Å². The number of rotatable bonds is 4. The molecule has 0 aliphatic heterocycles. The summed E-state index contributed by atoms with van der Waals surface area (Å²) in [6.07, 6.45) is 4.95. The van der Waals surface area contributed by atoms with Gasteiger partial charge in [-0.1, -0.05) is 0 Å². The molecule has 0 spiro atoms. The van der Waals surface area contributed by atoms with Gasteiger partial charge in [0.2, 0.25) is 5.88 Å². The van der Waals surface area contributed by atoms with E-state index >= 15 is 0 Å². The molecule has 2 saturated carbocycles. The summed E-state index contributed by atoms with van der Waals surface area (Å²) in [6.45, 7) is 0.778. The molecular formula is C11H15N3O. The molecule has 0 atom stereocenters. The fourth-order valence-electron chi connectivity index (χ4n) is 1.55. The molecular weight excluding hydrogens is 190 g/mol. The monoisotopic (exact) mass is 205 g/mol. The van der Waals surface area contributed by atoms with Gasteiger partial charge in [-0.3, -0.25) is 0 Å². The van der Waals surface area contributed by atoms with Crippen LogP contribution in [0, 0.1) is 5.92 Å². The average molecular weight is 205 g/mol. The van der Waals surface area contributed by atoms with Crippen molar-refractivity contribution >= 4 is 5.82 Å². The summed E-state index contributed by atoms with van der Waals surface area (Å²) >= 11 is 0. The Morgan fingerprint density at radius 1 is 1.27 bits per heavy atom. The lowest BCUT2D eigenvalue weighted by atomic mass is 10.4. The molecule has 0 bridgehead atoms. The van der Waals surface area contributed by atoms with Gasteiger partial charge in [-0.25, -0.2) is 4.98 Å². The molecule has 0 radical (unpaired) electrons. The van der Waals surface area contributed by atoms with Crippen LogP contribution in [0.15, 0.2) is 6.07 Å². The van der Waals surface area contributed by atoms with E-state index < -0.39 is 0 Å². The summed E-state index contributed by atoms with van der Waals surface area (Å²) in [7, 11) is 0. The SMILES string of the molecule is Nc1cc(OCC2CC2)nc(C2CC2)n1. The number of nitrogens with two attached hydrogens (primary N) is 1. The second-order valence-corrected chi connectivity index (χ2v) is 4.52. The van der Waals surface area contributed by atoms with Crippen LogP contribution in [0.4, 0.5) is 5.82 Å². The molecule has 1 aromatic heterocycles. The normalized spacial score (nSPS) is 20.3. The number of nitrogens with zero attached hydrogens (tertiary/aromatic N) is 2. The van der Waals surface area contributed by atoms with Crippen molar-refractivity contribution in [3.8, 4) is 5.88 Å². The predicted molar refractivity (Wildman–Crippen MR) is 56.6 cm³/mol. The summed E-state index contributed by atoms with van der Waals surface area (Å²) in [5.41, 5.74) is 5.72. The first kappa shape index (κ1) is 8.95. The summed E-state index contributed by atoms with van der Waals surface area (Å²) in [5, 5.41) is 0. The third-order valence-electron chi connectivity index (χ3n) is 2.85. The van der Waals surface area contributed by atoms with Crippen molar-refractivity contribution < 1.29 is 4.74 Å². The highest BCUT2D eigenvalue weighted by Crippen LogP contribution is 2.39. The Kier molecular flexibility index (Phi) is 2.01. The van der Waals surface area contributed by atoms with Crippen LogP contribution < -0.4 is 10.5 Å². The first-order valence-electron chi connectivity index (χ1n) is 5.58. The maximum Gasteiger partial charge on any atom is 0.218 e. The molecule has 1 heterocycles. The summed E-state index contributed by atoms with van der Waals surface area (Å²) < 4.78 is 5.60. The number of ether oxygens (including phenoxy) is 1. The van der Waals surface area contributed by atoms with Gasteiger partial charge in [0.25, 0.3) is 0 Å². The lowest BCUT2D eigenvalue weighted by molar-refractivity contribution is 0.287. The molecule has 4 nitrogen and oxygen atoms in total. The van der Waals surface area contributed by atoms with Crippen molar-refractivity contribution in [1.29, 1.82) is 0 Å². The van der Waals surface area contributed by atoms with Crippen LogP contribution in [0.1, 0.15) is 37.4 Å². The molecule has 2 aliphatic carbocycles. The molecule has 3 rings (SSSR count). The van der Waals surface area contributed by atoms with Crippen molar-refractivity contribution in [2.75, 3.05) is 12.3 Å². The van der Waals surface area contributed by atoms with Gasteiger partial charge in [-0.15, -0.1) is 0 Å². The zero-order valence-corrected chi connectivity index (χ0v) is 8.65. The molecule has 0 aromatic carbocycles. The number of nitrogen functional groups attached to an aromatic ring is 1. The zero-order chi connectivity index (χ0) is 10.3. The quantitative estimate of drug-likeness (QED) is 0.813. The smallest absolute Gasteiger partial charge is 0.218 e. The number of aromatic nitrogens is 2. The molecule has 4 heteroatoms. The molecule has 0 unspecified atom stereocenters. The van der Waals surface area contributed by atoms with Gasteiger partial charge < -0.3 is 10.5 Å². The highest BCUT2D eigenvalue weighted by atomic mass is 16.5. The minimum Gasteiger partial charge on any atom is -0.477 e. The van der Waals surface area contributed by atoms with E-state index in [4.69, 9.17) is 10.5 Å². The van der Waals surface area contributed by atoms with Crippen LogP contribution in [0.3, 0.4) is 0 Å². The first-order valence-corrected chi connectivity index (χ1v) is 5.58. The molecule has 2 aliphatic rings. The van der Waals surface area contributed by atoms with Crippen LogP contribution in [0.25, 0.3) is 0 Å². The largest absolute Gasteiger partial charge is 0.477 e. The minimum absolute atomic E-state index is 0.525. The molecule has 0 amide bonds. The maximum atomic E-state index is 5.72.